The summed E-state index contributed by atoms with van der Waals surface area (Å²) in [5.41, 5.74) is 6.35. The van der Waals surface area contributed by atoms with Gasteiger partial charge >= 0.3 is 5.97 Å². The quantitative estimate of drug-likeness (QED) is 0.826. The highest BCUT2D eigenvalue weighted by atomic mass is 35.5. The highest BCUT2D eigenvalue weighted by Gasteiger charge is 2.12. The lowest BCUT2D eigenvalue weighted by atomic mass is 10.0. The molecule has 0 aliphatic heterocycles. The lowest BCUT2D eigenvalue weighted by Gasteiger charge is -2.11. The van der Waals surface area contributed by atoms with Gasteiger partial charge in [-0.3, -0.25) is 4.79 Å². The molecule has 5 heteroatoms. The molecule has 3 N–H and O–H groups in total. The Morgan fingerprint density at radius 3 is 2.80 bits per heavy atom. The topological polar surface area (TPSA) is 72.5 Å². The summed E-state index contributed by atoms with van der Waals surface area (Å²) in [7, 11) is 1.51. The van der Waals surface area contributed by atoms with Crippen molar-refractivity contribution in [3.05, 3.63) is 28.8 Å². The Bertz CT molecular complexity index is 368. The van der Waals surface area contributed by atoms with Crippen molar-refractivity contribution in [1.82, 2.24) is 0 Å². The number of rotatable bonds is 4. The van der Waals surface area contributed by atoms with Gasteiger partial charge in [0.2, 0.25) is 0 Å². The maximum Gasteiger partial charge on any atom is 0.305 e. The molecule has 0 heterocycles. The van der Waals surface area contributed by atoms with Crippen molar-refractivity contribution in [1.29, 1.82) is 0 Å². The molecule has 1 rings (SSSR count). The average Bonchev–Trinajstić information content (AvgIpc) is 2.15. The molecular formula is C10H12ClNO3. The average molecular weight is 230 g/mol. The first-order valence-corrected chi connectivity index (χ1v) is 4.72. The summed E-state index contributed by atoms with van der Waals surface area (Å²) in [6.45, 7) is 0. The van der Waals surface area contributed by atoms with Crippen molar-refractivity contribution in [3.63, 3.8) is 0 Å². The number of nitrogens with two attached hydrogens (primary N) is 1. The number of hydrogen-bond donors (Lipinski definition) is 2. The van der Waals surface area contributed by atoms with Crippen molar-refractivity contribution < 1.29 is 14.6 Å². The third-order valence-corrected chi connectivity index (χ3v) is 2.17. The van der Waals surface area contributed by atoms with Gasteiger partial charge in [0.15, 0.2) is 0 Å². The van der Waals surface area contributed by atoms with E-state index in [0.29, 0.717) is 16.3 Å². The zero-order valence-electron chi connectivity index (χ0n) is 8.24. The van der Waals surface area contributed by atoms with E-state index in [1.165, 1.54) is 7.11 Å². The highest BCUT2D eigenvalue weighted by Crippen LogP contribution is 2.25. The van der Waals surface area contributed by atoms with Crippen LogP contribution in [0.2, 0.25) is 5.02 Å². The van der Waals surface area contributed by atoms with Crippen molar-refractivity contribution in [2.45, 2.75) is 12.5 Å². The maximum absolute atomic E-state index is 10.5. The van der Waals surface area contributed by atoms with Crippen LogP contribution in [-0.2, 0) is 4.79 Å². The van der Waals surface area contributed by atoms with Crippen molar-refractivity contribution >= 4 is 17.6 Å². The van der Waals surface area contributed by atoms with E-state index in [4.69, 9.17) is 27.2 Å². The Hall–Kier alpha value is -1.26. The molecule has 0 unspecified atom stereocenters. The Morgan fingerprint density at radius 2 is 2.27 bits per heavy atom. The summed E-state index contributed by atoms with van der Waals surface area (Å²) in [5.74, 6) is -0.375. The number of benzene rings is 1. The number of carbonyl (C=O) groups is 1. The predicted octanol–water partition coefficient (Wildman–Crippen LogP) is 1.82. The second-order valence-electron chi connectivity index (χ2n) is 3.13. The van der Waals surface area contributed by atoms with Gasteiger partial charge in [-0.2, -0.15) is 0 Å². The monoisotopic (exact) mass is 229 g/mol. The minimum Gasteiger partial charge on any atom is -0.497 e. The van der Waals surface area contributed by atoms with E-state index >= 15 is 0 Å². The van der Waals surface area contributed by atoms with E-state index in [9.17, 15) is 4.79 Å². The van der Waals surface area contributed by atoms with E-state index in [1.54, 1.807) is 18.2 Å². The van der Waals surface area contributed by atoms with Gasteiger partial charge in [0, 0.05) is 11.1 Å². The van der Waals surface area contributed by atoms with Gasteiger partial charge in [0.25, 0.3) is 0 Å². The molecule has 0 fully saturated rings. The molecule has 82 valence electrons. The number of aliphatic carboxylic acids is 1. The first kappa shape index (κ1) is 11.8. The van der Waals surface area contributed by atoms with E-state index in [2.05, 4.69) is 0 Å². The van der Waals surface area contributed by atoms with Crippen LogP contribution >= 0.6 is 11.6 Å². The summed E-state index contributed by atoms with van der Waals surface area (Å²) < 4.78 is 5.00. The zero-order valence-corrected chi connectivity index (χ0v) is 8.99. The fourth-order valence-corrected chi connectivity index (χ4v) is 1.46. The number of ether oxygens (including phenoxy) is 1. The molecule has 0 radical (unpaired) electrons. The second kappa shape index (κ2) is 5.00. The van der Waals surface area contributed by atoms with Gasteiger partial charge in [0.1, 0.15) is 5.75 Å². The van der Waals surface area contributed by atoms with Crippen LogP contribution in [0.15, 0.2) is 18.2 Å². The number of methoxy groups -OCH3 is 1. The molecule has 4 nitrogen and oxygen atoms in total. The smallest absolute Gasteiger partial charge is 0.305 e. The molecular weight excluding hydrogens is 218 g/mol. The number of carboxylic acids is 1. The lowest BCUT2D eigenvalue weighted by molar-refractivity contribution is -0.137. The first-order valence-electron chi connectivity index (χ1n) is 4.34. The van der Waals surface area contributed by atoms with Gasteiger partial charge in [-0.05, 0) is 23.8 Å². The lowest BCUT2D eigenvalue weighted by Crippen LogP contribution is -2.15. The standard InChI is InChI=1S/C10H12ClNO3/c1-15-8-3-6(2-7(11)4-8)9(12)5-10(13)14/h2-4,9H,5,12H2,1H3,(H,13,14)/t9-/m0/s1. The molecule has 1 aromatic rings. The Balaban J connectivity index is 2.92. The van der Waals surface area contributed by atoms with E-state index in [0.717, 1.165) is 0 Å². The molecule has 15 heavy (non-hydrogen) atoms. The third-order valence-electron chi connectivity index (χ3n) is 1.95. The summed E-state index contributed by atoms with van der Waals surface area (Å²) in [6.07, 6.45) is -0.135. The molecule has 1 aromatic carbocycles. The second-order valence-corrected chi connectivity index (χ2v) is 3.57. The minimum atomic E-state index is -0.943. The number of carboxylic acid groups (broad SMARTS) is 1. The van der Waals surface area contributed by atoms with E-state index < -0.39 is 12.0 Å². The molecule has 1 atom stereocenters. The number of halogens is 1. The van der Waals surface area contributed by atoms with Gasteiger partial charge in [-0.15, -0.1) is 0 Å². The highest BCUT2D eigenvalue weighted by molar-refractivity contribution is 6.30. The fourth-order valence-electron chi connectivity index (χ4n) is 1.22. The van der Waals surface area contributed by atoms with Gasteiger partial charge in [-0.25, -0.2) is 0 Å². The first-order chi connectivity index (χ1) is 7.02. The van der Waals surface area contributed by atoms with Crippen molar-refractivity contribution in [2.24, 2.45) is 5.73 Å². The molecule has 0 aliphatic carbocycles. The van der Waals surface area contributed by atoms with Crippen LogP contribution in [0, 0.1) is 0 Å². The van der Waals surface area contributed by atoms with Crippen LogP contribution in [0.1, 0.15) is 18.0 Å². The van der Waals surface area contributed by atoms with E-state index in [1.807, 2.05) is 0 Å². The molecule has 0 spiro atoms. The fraction of sp³-hybridized carbons (Fsp3) is 0.300. The van der Waals surface area contributed by atoms with Crippen molar-refractivity contribution in [3.8, 4) is 5.75 Å². The molecule has 0 saturated heterocycles. The Morgan fingerprint density at radius 1 is 1.60 bits per heavy atom. The van der Waals surface area contributed by atoms with Gasteiger partial charge < -0.3 is 15.6 Å². The molecule has 0 aliphatic rings. The van der Waals surface area contributed by atoms with Crippen LogP contribution in [0.25, 0.3) is 0 Å². The SMILES string of the molecule is COc1cc(Cl)cc([C@@H](N)CC(=O)O)c1. The maximum atomic E-state index is 10.5. The molecule has 0 bridgehead atoms. The van der Waals surface area contributed by atoms with Crippen LogP contribution in [-0.4, -0.2) is 18.2 Å². The largest absolute Gasteiger partial charge is 0.497 e. The number of hydrogen-bond acceptors (Lipinski definition) is 3. The van der Waals surface area contributed by atoms with Gasteiger partial charge in [-0.1, -0.05) is 11.6 Å². The van der Waals surface area contributed by atoms with Crippen LogP contribution in [0.5, 0.6) is 5.75 Å². The Labute approximate surface area is 92.6 Å². The zero-order chi connectivity index (χ0) is 11.4. The minimum absolute atomic E-state index is 0.135. The summed E-state index contributed by atoms with van der Waals surface area (Å²) in [5, 5.41) is 9.07. The summed E-state index contributed by atoms with van der Waals surface area (Å²) in [6, 6.07) is 4.38. The molecule has 0 aromatic heterocycles. The summed E-state index contributed by atoms with van der Waals surface area (Å²) in [4.78, 5) is 10.5. The summed E-state index contributed by atoms with van der Waals surface area (Å²) >= 11 is 5.83. The van der Waals surface area contributed by atoms with Crippen LogP contribution in [0.4, 0.5) is 0 Å². The molecule has 0 amide bonds. The Kier molecular flexibility index (Phi) is 3.94. The van der Waals surface area contributed by atoms with E-state index in [-0.39, 0.29) is 6.42 Å². The molecule has 0 saturated carbocycles. The predicted molar refractivity (Wildman–Crippen MR) is 57.2 cm³/mol. The van der Waals surface area contributed by atoms with Gasteiger partial charge in [0.05, 0.1) is 13.5 Å². The van der Waals surface area contributed by atoms with Crippen molar-refractivity contribution in [2.75, 3.05) is 7.11 Å². The van der Waals surface area contributed by atoms with Crippen LogP contribution in [0.3, 0.4) is 0 Å². The normalized spacial score (nSPS) is 12.2. The van der Waals surface area contributed by atoms with Crippen LogP contribution < -0.4 is 10.5 Å². The third kappa shape index (κ3) is 3.42.